The van der Waals surface area contributed by atoms with Crippen molar-refractivity contribution in [3.05, 3.63) is 60.2 Å². The number of benzene rings is 2. The summed E-state index contributed by atoms with van der Waals surface area (Å²) in [6, 6.07) is 10.5. The fourth-order valence-electron chi connectivity index (χ4n) is 2.69. The van der Waals surface area contributed by atoms with Crippen LogP contribution in [0.1, 0.15) is 19.4 Å². The second kappa shape index (κ2) is 6.24. The molecule has 1 N–H and O–H groups in total. The standard InChI is InChI=1S/C19H19FN2O/c1-12(2)23-17-9-8-15(14-6-4-5-7-16(14)20)18(13(17)3)19-21-10-11-22-19/h4-12H,1-3H3,(H,21,22). The molecule has 4 heteroatoms. The number of imidazole rings is 1. The van der Waals surface area contributed by atoms with E-state index in [9.17, 15) is 4.39 Å². The summed E-state index contributed by atoms with van der Waals surface area (Å²) in [6.45, 7) is 5.94. The summed E-state index contributed by atoms with van der Waals surface area (Å²) < 4.78 is 20.1. The van der Waals surface area contributed by atoms with Gasteiger partial charge in [-0.15, -0.1) is 0 Å². The molecule has 23 heavy (non-hydrogen) atoms. The Hall–Kier alpha value is -2.62. The first-order valence-corrected chi connectivity index (χ1v) is 7.63. The maximum absolute atomic E-state index is 14.3. The SMILES string of the molecule is Cc1c(OC(C)C)ccc(-c2ccccc2F)c1-c1ncc[nH]1. The summed E-state index contributed by atoms with van der Waals surface area (Å²) in [6.07, 6.45) is 3.52. The molecule has 2 aromatic carbocycles. The topological polar surface area (TPSA) is 37.9 Å². The Morgan fingerprint density at radius 3 is 2.52 bits per heavy atom. The Morgan fingerprint density at radius 1 is 1.09 bits per heavy atom. The number of aromatic nitrogens is 2. The van der Waals surface area contributed by atoms with Crippen molar-refractivity contribution >= 4 is 0 Å². The molecule has 0 spiro atoms. The molecule has 0 saturated carbocycles. The number of hydrogen-bond acceptors (Lipinski definition) is 2. The number of hydrogen-bond donors (Lipinski definition) is 1. The molecule has 118 valence electrons. The van der Waals surface area contributed by atoms with Crippen LogP contribution in [0.15, 0.2) is 48.8 Å². The van der Waals surface area contributed by atoms with E-state index >= 15 is 0 Å². The highest BCUT2D eigenvalue weighted by atomic mass is 19.1. The molecule has 0 aliphatic heterocycles. The highest BCUT2D eigenvalue weighted by Crippen LogP contribution is 2.38. The van der Waals surface area contributed by atoms with Gasteiger partial charge in [0.2, 0.25) is 0 Å². The zero-order valence-corrected chi connectivity index (χ0v) is 13.4. The minimum absolute atomic E-state index is 0.0671. The number of nitrogens with one attached hydrogen (secondary N) is 1. The molecule has 0 aliphatic carbocycles. The number of halogens is 1. The Bertz CT molecular complexity index is 810. The van der Waals surface area contributed by atoms with Crippen molar-refractivity contribution in [3.63, 3.8) is 0 Å². The van der Waals surface area contributed by atoms with Crippen LogP contribution < -0.4 is 4.74 Å². The van der Waals surface area contributed by atoms with Crippen LogP contribution in [0.3, 0.4) is 0 Å². The third kappa shape index (κ3) is 2.97. The quantitative estimate of drug-likeness (QED) is 0.738. The van der Waals surface area contributed by atoms with E-state index in [2.05, 4.69) is 9.97 Å². The average Bonchev–Trinajstić information content (AvgIpc) is 3.03. The molecular formula is C19H19FN2O. The third-order valence-electron chi connectivity index (χ3n) is 3.68. The number of aromatic amines is 1. The maximum atomic E-state index is 14.3. The van der Waals surface area contributed by atoms with Crippen molar-refractivity contribution in [3.8, 4) is 28.3 Å². The monoisotopic (exact) mass is 310 g/mol. The fraction of sp³-hybridized carbons (Fsp3) is 0.211. The van der Waals surface area contributed by atoms with E-state index in [1.165, 1.54) is 6.07 Å². The smallest absolute Gasteiger partial charge is 0.138 e. The predicted octanol–water partition coefficient (Wildman–Crippen LogP) is 4.98. The maximum Gasteiger partial charge on any atom is 0.138 e. The molecule has 1 heterocycles. The molecule has 0 aliphatic rings. The Balaban J connectivity index is 2.25. The van der Waals surface area contributed by atoms with E-state index in [0.29, 0.717) is 11.4 Å². The molecule has 0 bridgehead atoms. The first kappa shape index (κ1) is 15.3. The van der Waals surface area contributed by atoms with Crippen molar-refractivity contribution in [2.45, 2.75) is 26.9 Å². The summed E-state index contributed by atoms with van der Waals surface area (Å²) in [5.74, 6) is 1.23. The Morgan fingerprint density at radius 2 is 1.87 bits per heavy atom. The molecular weight excluding hydrogens is 291 g/mol. The van der Waals surface area contributed by atoms with E-state index in [-0.39, 0.29) is 11.9 Å². The lowest BCUT2D eigenvalue weighted by Gasteiger charge is -2.18. The molecule has 0 radical (unpaired) electrons. The summed E-state index contributed by atoms with van der Waals surface area (Å²) in [5.41, 5.74) is 3.15. The van der Waals surface area contributed by atoms with Gasteiger partial charge in [-0.2, -0.15) is 0 Å². The van der Waals surface area contributed by atoms with Gasteiger partial charge >= 0.3 is 0 Å². The summed E-state index contributed by atoms with van der Waals surface area (Å²) in [4.78, 5) is 7.47. The van der Waals surface area contributed by atoms with Crippen LogP contribution in [-0.2, 0) is 0 Å². The van der Waals surface area contributed by atoms with E-state index in [0.717, 1.165) is 22.4 Å². The first-order valence-electron chi connectivity index (χ1n) is 7.63. The second-order valence-electron chi connectivity index (χ2n) is 5.70. The molecule has 3 rings (SSSR count). The number of rotatable bonds is 4. The Labute approximate surface area is 135 Å². The third-order valence-corrected chi connectivity index (χ3v) is 3.68. The molecule has 3 nitrogen and oxygen atoms in total. The van der Waals surface area contributed by atoms with Gasteiger partial charge in [-0.3, -0.25) is 0 Å². The van der Waals surface area contributed by atoms with Crippen molar-refractivity contribution in [1.29, 1.82) is 0 Å². The molecule has 0 fully saturated rings. The predicted molar refractivity (Wildman–Crippen MR) is 89.9 cm³/mol. The molecule has 0 amide bonds. The van der Waals surface area contributed by atoms with E-state index in [4.69, 9.17) is 4.74 Å². The molecule has 3 aromatic rings. The van der Waals surface area contributed by atoms with Crippen LogP contribution in [0, 0.1) is 12.7 Å². The number of H-pyrrole nitrogens is 1. The molecule has 0 saturated heterocycles. The highest BCUT2D eigenvalue weighted by Gasteiger charge is 2.18. The first-order chi connectivity index (χ1) is 11.1. The van der Waals surface area contributed by atoms with Gasteiger partial charge in [-0.05, 0) is 44.5 Å². The van der Waals surface area contributed by atoms with Crippen molar-refractivity contribution in [2.75, 3.05) is 0 Å². The van der Waals surface area contributed by atoms with Gasteiger partial charge < -0.3 is 9.72 Å². The van der Waals surface area contributed by atoms with Gasteiger partial charge in [0, 0.05) is 29.1 Å². The summed E-state index contributed by atoms with van der Waals surface area (Å²) in [7, 11) is 0. The van der Waals surface area contributed by atoms with Crippen LogP contribution >= 0.6 is 0 Å². The van der Waals surface area contributed by atoms with Gasteiger partial charge in [0.1, 0.15) is 17.4 Å². The van der Waals surface area contributed by atoms with Gasteiger partial charge in [-0.25, -0.2) is 9.37 Å². The average molecular weight is 310 g/mol. The number of nitrogens with zero attached hydrogens (tertiary/aromatic N) is 1. The van der Waals surface area contributed by atoms with Gasteiger partial charge in [0.25, 0.3) is 0 Å². The van der Waals surface area contributed by atoms with Gasteiger partial charge in [0.05, 0.1) is 6.10 Å². The molecule has 1 aromatic heterocycles. The summed E-state index contributed by atoms with van der Waals surface area (Å²) in [5, 5.41) is 0. The number of ether oxygens (including phenoxy) is 1. The van der Waals surface area contributed by atoms with E-state index in [1.54, 1.807) is 24.5 Å². The van der Waals surface area contributed by atoms with Crippen LogP contribution in [0.5, 0.6) is 5.75 Å². The molecule has 0 atom stereocenters. The normalized spacial score (nSPS) is 11.0. The van der Waals surface area contributed by atoms with E-state index < -0.39 is 0 Å². The largest absolute Gasteiger partial charge is 0.491 e. The lowest BCUT2D eigenvalue weighted by atomic mass is 9.94. The molecule has 0 unspecified atom stereocenters. The minimum atomic E-state index is -0.253. The van der Waals surface area contributed by atoms with Crippen molar-refractivity contribution in [1.82, 2.24) is 9.97 Å². The Kier molecular flexibility index (Phi) is 4.15. The second-order valence-corrected chi connectivity index (χ2v) is 5.70. The van der Waals surface area contributed by atoms with Crippen LogP contribution in [0.25, 0.3) is 22.5 Å². The minimum Gasteiger partial charge on any atom is -0.491 e. The zero-order valence-electron chi connectivity index (χ0n) is 13.4. The van der Waals surface area contributed by atoms with Gasteiger partial charge in [0.15, 0.2) is 0 Å². The van der Waals surface area contributed by atoms with Crippen LogP contribution in [0.4, 0.5) is 4.39 Å². The van der Waals surface area contributed by atoms with Gasteiger partial charge in [-0.1, -0.05) is 18.2 Å². The van der Waals surface area contributed by atoms with Crippen LogP contribution in [0.2, 0.25) is 0 Å². The zero-order chi connectivity index (χ0) is 16.4. The lowest BCUT2D eigenvalue weighted by molar-refractivity contribution is 0.241. The van der Waals surface area contributed by atoms with Crippen LogP contribution in [-0.4, -0.2) is 16.1 Å². The fourth-order valence-corrected chi connectivity index (χ4v) is 2.69. The van der Waals surface area contributed by atoms with Crippen molar-refractivity contribution in [2.24, 2.45) is 0 Å². The van der Waals surface area contributed by atoms with E-state index in [1.807, 2.05) is 39.0 Å². The highest BCUT2D eigenvalue weighted by molar-refractivity contribution is 5.84. The van der Waals surface area contributed by atoms with Crippen molar-refractivity contribution < 1.29 is 9.13 Å². The summed E-state index contributed by atoms with van der Waals surface area (Å²) >= 11 is 0. The lowest BCUT2D eigenvalue weighted by Crippen LogP contribution is -2.07.